The molecule has 0 radical (unpaired) electrons. The second-order valence-corrected chi connectivity index (χ2v) is 29.2. The van der Waals surface area contributed by atoms with Crippen LogP contribution in [0.5, 0.6) is 17.2 Å². The fourth-order valence-corrected chi connectivity index (χ4v) is 14.9. The van der Waals surface area contributed by atoms with E-state index >= 15 is 13.2 Å². The van der Waals surface area contributed by atoms with Crippen molar-refractivity contribution < 1.29 is 46.5 Å². The predicted octanol–water partition coefficient (Wildman–Crippen LogP) is 15.8. The van der Waals surface area contributed by atoms with Crippen molar-refractivity contribution in [2.24, 2.45) is 11.8 Å². The summed E-state index contributed by atoms with van der Waals surface area (Å²) in [4.78, 5) is 70.5. The zero-order valence-electron chi connectivity index (χ0n) is 64.0. The molecule has 0 unspecified atom stereocenters. The van der Waals surface area contributed by atoms with Gasteiger partial charge < -0.3 is 51.3 Å². The Kier molecular flexibility index (Phi) is 35.0. The molecule has 7 atom stereocenters. The first-order chi connectivity index (χ1) is 48.8. The van der Waals surface area contributed by atoms with Crippen molar-refractivity contribution in [1.82, 2.24) is 58.2 Å². The van der Waals surface area contributed by atoms with E-state index in [0.29, 0.717) is 112 Å². The molecule has 6 aromatic heterocycles. The molecule has 8 heterocycles. The van der Waals surface area contributed by atoms with Crippen LogP contribution in [0.15, 0.2) is 55.4 Å². The molecule has 0 bridgehead atoms. The van der Waals surface area contributed by atoms with Crippen molar-refractivity contribution >= 4 is 168 Å². The number of fused-ring (bicyclic) bond motifs is 3. The van der Waals surface area contributed by atoms with Crippen molar-refractivity contribution in [3.63, 3.8) is 0 Å². The summed E-state index contributed by atoms with van der Waals surface area (Å²) in [5.74, 6) is -0.252. The molecule has 3 aliphatic rings. The number of rotatable bonds is 18. The minimum absolute atomic E-state index is 0. The lowest BCUT2D eigenvalue weighted by molar-refractivity contribution is 0.0263. The Morgan fingerprint density at radius 3 is 1.23 bits per heavy atom. The lowest BCUT2D eigenvalue weighted by Gasteiger charge is -2.33. The number of nitrogen functional groups attached to an aromatic ring is 3. The monoisotopic (exact) mass is 1680 g/mol. The van der Waals surface area contributed by atoms with Gasteiger partial charge in [0.15, 0.2) is 17.5 Å². The minimum Gasteiger partial charge on any atom is -0.490 e. The van der Waals surface area contributed by atoms with Crippen molar-refractivity contribution in [2.45, 2.75) is 190 Å². The van der Waals surface area contributed by atoms with Crippen LogP contribution >= 0.6 is 116 Å². The summed E-state index contributed by atoms with van der Waals surface area (Å²) in [6, 6.07) is 4.58. The van der Waals surface area contributed by atoms with Gasteiger partial charge >= 0.3 is 0 Å². The highest BCUT2D eigenvalue weighted by Crippen LogP contribution is 2.45. The van der Waals surface area contributed by atoms with Gasteiger partial charge in [0.25, 0.3) is 17.7 Å². The van der Waals surface area contributed by atoms with E-state index in [1.165, 1.54) is 18.2 Å². The molecule has 2 aliphatic heterocycles. The molecule has 34 heteroatoms. The van der Waals surface area contributed by atoms with Crippen molar-refractivity contribution in [2.75, 3.05) is 50.5 Å². The first-order valence-corrected chi connectivity index (χ1v) is 36.2. The van der Waals surface area contributed by atoms with E-state index in [1.54, 1.807) is 54.1 Å². The highest BCUT2D eigenvalue weighted by atomic mass is 35.5. The fraction of sp³-hybridized carbons (Fsp3) is 0.480. The number of amides is 3. The van der Waals surface area contributed by atoms with Gasteiger partial charge in [-0.3, -0.25) is 27.6 Å². The second kappa shape index (κ2) is 40.3. The number of benzene rings is 3. The summed E-state index contributed by atoms with van der Waals surface area (Å²) < 4.78 is 75.6. The van der Waals surface area contributed by atoms with Gasteiger partial charge in [-0.25, -0.2) is 43.1 Å². The van der Waals surface area contributed by atoms with Gasteiger partial charge in [0.2, 0.25) is 0 Å². The first kappa shape index (κ1) is 94.8. The molecule has 3 aromatic carbocycles. The largest absolute Gasteiger partial charge is 0.490 e. The smallest absolute Gasteiger partial charge is 0.260 e. The summed E-state index contributed by atoms with van der Waals surface area (Å²) >= 11 is 19.0. The molecular weight excluding hydrogens is 1580 g/mol. The van der Waals surface area contributed by atoms with Crippen LogP contribution in [0, 0.1) is 50.1 Å². The lowest BCUT2D eigenvalue weighted by atomic mass is 9.95. The molecule has 0 spiro atoms. The Balaban J connectivity index is 0.000000336. The maximum Gasteiger partial charge on any atom is 0.260 e. The van der Waals surface area contributed by atoms with Crippen LogP contribution in [0.2, 0.25) is 15.1 Å². The number of carbonyl (C=O) groups excluding carboxylic acids is 3. The number of hydrogen-bond donors (Lipinski definition) is 4. The number of halogens is 6. The van der Waals surface area contributed by atoms with Crippen molar-refractivity contribution in [1.29, 1.82) is 0 Å². The number of nitrogens with two attached hydrogens (primary N) is 3. The van der Waals surface area contributed by atoms with Crippen LogP contribution in [0.1, 0.15) is 221 Å². The number of hydrogen-bond acceptors (Lipinski definition) is 16. The Morgan fingerprint density at radius 1 is 0.541 bits per heavy atom. The molecule has 1 saturated carbocycles. The van der Waals surface area contributed by atoms with Gasteiger partial charge in [0.1, 0.15) is 85.4 Å². The van der Waals surface area contributed by atoms with Gasteiger partial charge in [0.05, 0.1) is 56.6 Å². The Hall–Kier alpha value is -6.55. The Bertz CT molecular complexity index is 4690. The summed E-state index contributed by atoms with van der Waals surface area (Å²) in [5, 5.41) is 2.59. The zero-order valence-corrected chi connectivity index (χ0v) is 72.3. The molecule has 600 valence electrons. The van der Waals surface area contributed by atoms with E-state index in [-0.39, 0.29) is 172 Å². The van der Waals surface area contributed by atoms with Crippen LogP contribution in [-0.4, -0.2) is 134 Å². The maximum absolute atomic E-state index is 15.5. The zero-order chi connectivity index (χ0) is 74.9. The predicted molar refractivity (Wildman–Crippen MR) is 457 cm³/mol. The number of carbonyl (C=O) groups is 3. The number of likely N-dealkylation sites (tertiary alicyclic amines) is 2. The summed E-state index contributed by atoms with van der Waals surface area (Å²) in [7, 11) is 1.62. The second-order valence-electron chi connectivity index (χ2n) is 28.0. The van der Waals surface area contributed by atoms with Crippen LogP contribution in [-0.2, 0) is 4.74 Å². The molecule has 109 heavy (non-hydrogen) atoms. The number of aromatic nitrogens is 9. The van der Waals surface area contributed by atoms with E-state index < -0.39 is 41.1 Å². The molecule has 12 rings (SSSR count). The quantitative estimate of drug-likeness (QED) is 0.0621. The Labute approximate surface area is 692 Å². The standard InChI is InChI=1S/C25H31ClFN5O3.2C25H31ClFN5O2.6H2S/c1-13(2)35-22-17(14(3)24-30-15(4)21-23(28)29-8-10-32(21)24)11-18(26)20(27)19(22)25(33)31-9-6-7-16(12-31)34-5;1-12(2)34-22-17(14(4)24-30-15(5)21-23(28)29-8-9-32(21)24)11-18(26)20(27)19(22)25(33)31-16-7-6-13(3)10-16;1-6-16-7-9-31(12-16)25(33)19-20(27)18(26)11-17(22(19)34-13(2)3)14(4)24-30-15(5)21-23(28)29-8-10-32(21)24;;;;;;/h8,10-11,13-14,16H,6-7,9,12H2,1-5H3,(H2,28,29);8-9,11-14,16H,6-7,10H2,1-5H3,(H2,28,29)(H,31,33);8,10-11,13-14,16H,6-7,9,12H2,1-5H3,(H2,28,29);6*1H2/t14-,16+;13-,14-,16-;14-,16-;;;;;;/m000....../s1. The molecule has 22 nitrogen and oxygen atoms in total. The van der Waals surface area contributed by atoms with Gasteiger partial charge in [-0.1, -0.05) is 75.8 Å². The summed E-state index contributed by atoms with van der Waals surface area (Å²) in [5.41, 5.74) is 23.8. The van der Waals surface area contributed by atoms with Gasteiger partial charge in [-0.2, -0.15) is 81.0 Å². The van der Waals surface area contributed by atoms with Crippen LogP contribution in [0.3, 0.4) is 0 Å². The number of imidazole rings is 3. The number of aryl methyl sites for hydroxylation is 3. The van der Waals surface area contributed by atoms with E-state index in [0.717, 1.165) is 56.3 Å². The molecule has 9 aromatic rings. The molecular formula is C75H105Cl3F3N15O7S6. The SMILES string of the molecule is CC[C@H]1CCN(C(=O)c2c(F)c(Cl)cc([C@H](C)c3nc(C)c4c(N)nccn34)c2OC(C)C)C1.CO[C@@H]1CCCN(C(=O)c2c(F)c(Cl)cc([C@H](C)c3nc(C)c4c(N)nccn34)c2OC(C)C)C1.Cc1nc([C@@H](C)c2cc(Cl)c(F)c(C(=O)N[C@H]3CC[C@H](C)C3)c2OC(C)C)n2ccnc(N)c12.S.S.S.S.S.S. The molecule has 3 fully saturated rings. The van der Waals surface area contributed by atoms with Crippen molar-refractivity contribution in [3.8, 4) is 17.2 Å². The lowest BCUT2D eigenvalue weighted by Crippen LogP contribution is -2.43. The number of methoxy groups -OCH3 is 1. The average Bonchev–Trinajstić information content (AvgIpc) is 1.46. The summed E-state index contributed by atoms with van der Waals surface area (Å²) in [6.45, 7) is 28.7. The number of nitrogens with one attached hydrogen (secondary N) is 1. The molecule has 1 aliphatic carbocycles. The Morgan fingerprint density at radius 2 is 0.899 bits per heavy atom. The molecule has 2 saturated heterocycles. The third-order valence-corrected chi connectivity index (χ3v) is 20.2. The van der Waals surface area contributed by atoms with Gasteiger partial charge in [-0.05, 0) is 131 Å². The molecule has 3 amide bonds. The maximum atomic E-state index is 15.5. The number of anilines is 3. The highest BCUT2D eigenvalue weighted by molar-refractivity contribution is 7.60. The topological polar surface area (TPSA) is 275 Å². The minimum atomic E-state index is -0.791. The normalized spacial score (nSPS) is 16.8. The number of piperidine rings is 1. The third-order valence-electron chi connectivity index (χ3n) is 19.4. The van der Waals surface area contributed by atoms with Crippen LogP contribution in [0.25, 0.3) is 16.6 Å². The number of ether oxygens (including phenoxy) is 4. The van der Waals surface area contributed by atoms with Gasteiger partial charge in [-0.15, -0.1) is 0 Å². The highest BCUT2D eigenvalue weighted by Gasteiger charge is 2.38. The van der Waals surface area contributed by atoms with E-state index in [1.807, 2.05) is 96.3 Å². The van der Waals surface area contributed by atoms with Crippen LogP contribution < -0.4 is 36.7 Å². The first-order valence-electron chi connectivity index (χ1n) is 35.1. The fourth-order valence-electron chi connectivity index (χ4n) is 14.2. The van der Waals surface area contributed by atoms with Crippen LogP contribution in [0.4, 0.5) is 30.6 Å². The molecule has 7 N–H and O–H groups in total. The van der Waals surface area contributed by atoms with Gasteiger partial charge in [0, 0.05) is 111 Å². The van der Waals surface area contributed by atoms with Crippen molar-refractivity contribution in [3.05, 3.63) is 156 Å². The average molecular weight is 1680 g/mol. The van der Waals surface area contributed by atoms with E-state index in [2.05, 4.69) is 34.1 Å². The summed E-state index contributed by atoms with van der Waals surface area (Å²) in [6.07, 6.45) is 15.4. The van der Waals surface area contributed by atoms with E-state index in [4.69, 9.17) is 85.9 Å². The van der Waals surface area contributed by atoms with E-state index in [9.17, 15) is 14.4 Å². The third kappa shape index (κ3) is 20.1. The number of nitrogens with zero attached hydrogens (tertiary/aromatic N) is 11.